The third-order valence-electron chi connectivity index (χ3n) is 4.14. The second kappa shape index (κ2) is 7.75. The van der Waals surface area contributed by atoms with Crippen molar-refractivity contribution in [2.45, 2.75) is 12.8 Å². The number of hydrogen-bond donors (Lipinski definition) is 0. The molecule has 2 aromatic rings. The number of methoxy groups -OCH3 is 2. The van der Waals surface area contributed by atoms with Crippen LogP contribution in [-0.4, -0.2) is 20.2 Å². The van der Waals surface area contributed by atoms with Crippen molar-refractivity contribution in [3.63, 3.8) is 0 Å². The maximum atomic E-state index is 11.9. The highest BCUT2D eigenvalue weighted by Crippen LogP contribution is 2.35. The summed E-state index contributed by atoms with van der Waals surface area (Å²) in [5.74, 6) is 1.25. The Balaban J connectivity index is 1.91. The maximum absolute atomic E-state index is 11.9. The number of nitriles is 1. The molecule has 0 saturated heterocycles. The fourth-order valence-corrected chi connectivity index (χ4v) is 2.57. The van der Waals surface area contributed by atoms with E-state index < -0.39 is 0 Å². The van der Waals surface area contributed by atoms with E-state index in [1.807, 2.05) is 24.3 Å². The lowest BCUT2D eigenvalue weighted by atomic mass is 10.0. The summed E-state index contributed by atoms with van der Waals surface area (Å²) in [7, 11) is 3.09. The number of ether oxygens (including phenoxy) is 3. The summed E-state index contributed by atoms with van der Waals surface area (Å²) in [5.41, 5.74) is 1.93. The first-order valence-corrected chi connectivity index (χ1v) is 8.31. The first kappa shape index (κ1) is 17.6. The van der Waals surface area contributed by atoms with Crippen LogP contribution in [0.2, 0.25) is 0 Å². The molecule has 1 aliphatic carbocycles. The van der Waals surface area contributed by atoms with Crippen LogP contribution in [0, 0.1) is 17.2 Å². The van der Waals surface area contributed by atoms with Crippen molar-refractivity contribution in [2.75, 3.05) is 14.2 Å². The van der Waals surface area contributed by atoms with Gasteiger partial charge in [0, 0.05) is 5.56 Å². The summed E-state index contributed by atoms with van der Waals surface area (Å²) in [6.45, 7) is 0. The molecule has 0 N–H and O–H groups in total. The molecule has 26 heavy (non-hydrogen) atoms. The average Bonchev–Trinajstić information content (AvgIpc) is 3.52. The van der Waals surface area contributed by atoms with Gasteiger partial charge in [0.15, 0.2) is 11.5 Å². The molecule has 132 valence electrons. The van der Waals surface area contributed by atoms with Crippen molar-refractivity contribution in [3.05, 3.63) is 53.6 Å². The number of esters is 1. The standard InChI is InChI=1S/C21H19NO4/c1-24-18-6-4-3-5-17(18)16(13-22)11-14-7-10-19(20(12-14)25-2)26-21(23)15-8-9-15/h3-7,10-12,15H,8-9H2,1-2H3/b16-11-. The van der Waals surface area contributed by atoms with Crippen molar-refractivity contribution in [2.24, 2.45) is 5.92 Å². The Morgan fingerprint density at radius 1 is 1.08 bits per heavy atom. The summed E-state index contributed by atoms with van der Waals surface area (Å²) < 4.78 is 16.1. The molecule has 0 aliphatic heterocycles. The number of carbonyl (C=O) groups excluding carboxylic acids is 1. The lowest BCUT2D eigenvalue weighted by Crippen LogP contribution is -2.10. The molecule has 0 spiro atoms. The second-order valence-corrected chi connectivity index (χ2v) is 5.98. The number of benzene rings is 2. The first-order valence-electron chi connectivity index (χ1n) is 8.31. The summed E-state index contributed by atoms with van der Waals surface area (Å²) in [5, 5.41) is 9.55. The summed E-state index contributed by atoms with van der Waals surface area (Å²) >= 11 is 0. The minimum Gasteiger partial charge on any atom is -0.496 e. The fraction of sp³-hybridized carbons (Fsp3) is 0.238. The highest BCUT2D eigenvalue weighted by atomic mass is 16.6. The molecule has 3 rings (SSSR count). The quantitative estimate of drug-likeness (QED) is 0.340. The number of rotatable bonds is 6. The third-order valence-corrected chi connectivity index (χ3v) is 4.14. The van der Waals surface area contributed by atoms with Gasteiger partial charge in [0.1, 0.15) is 5.75 Å². The topological polar surface area (TPSA) is 68.6 Å². The highest BCUT2D eigenvalue weighted by Gasteiger charge is 2.32. The molecule has 5 heteroatoms. The van der Waals surface area contributed by atoms with Gasteiger partial charge in [0.05, 0.1) is 31.8 Å². The Morgan fingerprint density at radius 3 is 2.46 bits per heavy atom. The van der Waals surface area contributed by atoms with Crippen molar-refractivity contribution >= 4 is 17.6 Å². The van der Waals surface area contributed by atoms with Gasteiger partial charge in [-0.2, -0.15) is 5.26 Å². The Labute approximate surface area is 152 Å². The van der Waals surface area contributed by atoms with Crippen LogP contribution in [0.4, 0.5) is 0 Å². The average molecular weight is 349 g/mol. The van der Waals surface area contributed by atoms with Crippen molar-refractivity contribution in [1.82, 2.24) is 0 Å². The molecule has 2 aromatic carbocycles. The molecular formula is C21H19NO4. The largest absolute Gasteiger partial charge is 0.496 e. The summed E-state index contributed by atoms with van der Waals surface area (Å²) in [6.07, 6.45) is 3.51. The number of hydrogen-bond acceptors (Lipinski definition) is 5. The van der Waals surface area contributed by atoms with Gasteiger partial charge in [0.25, 0.3) is 0 Å². The van der Waals surface area contributed by atoms with Gasteiger partial charge in [-0.15, -0.1) is 0 Å². The zero-order chi connectivity index (χ0) is 18.5. The van der Waals surface area contributed by atoms with E-state index in [0.29, 0.717) is 28.4 Å². The molecule has 0 bridgehead atoms. The van der Waals surface area contributed by atoms with Gasteiger partial charge in [-0.25, -0.2) is 0 Å². The lowest BCUT2D eigenvalue weighted by Gasteiger charge is -2.10. The van der Waals surface area contributed by atoms with E-state index >= 15 is 0 Å². The molecule has 5 nitrogen and oxygen atoms in total. The predicted octanol–water partition coefficient (Wildman–Crippen LogP) is 4.08. The van der Waals surface area contributed by atoms with E-state index in [4.69, 9.17) is 14.2 Å². The zero-order valence-electron chi connectivity index (χ0n) is 14.7. The highest BCUT2D eigenvalue weighted by molar-refractivity contribution is 5.92. The minimum absolute atomic E-state index is 0.00927. The molecule has 1 fully saturated rings. The molecule has 0 atom stereocenters. The second-order valence-electron chi connectivity index (χ2n) is 5.98. The van der Waals surface area contributed by atoms with Crippen molar-refractivity contribution < 1.29 is 19.0 Å². The number of para-hydroxylation sites is 1. The fourth-order valence-electron chi connectivity index (χ4n) is 2.57. The van der Waals surface area contributed by atoms with Gasteiger partial charge in [-0.05, 0) is 48.7 Å². The molecule has 0 heterocycles. The van der Waals surface area contributed by atoms with E-state index in [-0.39, 0.29) is 11.9 Å². The monoisotopic (exact) mass is 349 g/mol. The Bertz CT molecular complexity index is 891. The number of nitrogens with zero attached hydrogens (tertiary/aromatic N) is 1. The summed E-state index contributed by atoms with van der Waals surface area (Å²) in [4.78, 5) is 11.9. The van der Waals surface area contributed by atoms with Crippen LogP contribution in [0.1, 0.15) is 24.0 Å². The molecule has 0 amide bonds. The molecule has 0 aromatic heterocycles. The maximum Gasteiger partial charge on any atom is 0.314 e. The van der Waals surface area contributed by atoms with E-state index in [0.717, 1.165) is 18.4 Å². The smallest absolute Gasteiger partial charge is 0.314 e. The van der Waals surface area contributed by atoms with E-state index in [9.17, 15) is 10.1 Å². The lowest BCUT2D eigenvalue weighted by molar-refractivity contribution is -0.135. The SMILES string of the molecule is COc1cc(/C=C(/C#N)c2ccccc2OC)ccc1OC(=O)C1CC1. The minimum atomic E-state index is -0.224. The molecular weight excluding hydrogens is 330 g/mol. The van der Waals surface area contributed by atoms with Crippen LogP contribution in [0.5, 0.6) is 17.2 Å². The van der Waals surface area contributed by atoms with Crippen LogP contribution < -0.4 is 14.2 Å². The van der Waals surface area contributed by atoms with Crippen LogP contribution in [0.15, 0.2) is 42.5 Å². The van der Waals surface area contributed by atoms with Crippen molar-refractivity contribution in [3.8, 4) is 23.3 Å². The Hall–Kier alpha value is -3.26. The molecule has 1 aliphatic rings. The summed E-state index contributed by atoms with van der Waals surface area (Å²) in [6, 6.07) is 14.7. The van der Waals surface area contributed by atoms with Crippen LogP contribution in [0.3, 0.4) is 0 Å². The Morgan fingerprint density at radius 2 is 1.81 bits per heavy atom. The number of allylic oxidation sites excluding steroid dienone is 1. The third kappa shape index (κ3) is 3.86. The van der Waals surface area contributed by atoms with Crippen LogP contribution in [-0.2, 0) is 4.79 Å². The molecule has 0 unspecified atom stereocenters. The van der Waals surface area contributed by atoms with Gasteiger partial charge in [-0.1, -0.05) is 18.2 Å². The normalized spacial score (nSPS) is 13.7. The van der Waals surface area contributed by atoms with E-state index in [1.165, 1.54) is 7.11 Å². The van der Waals surface area contributed by atoms with E-state index in [2.05, 4.69) is 6.07 Å². The van der Waals surface area contributed by atoms with Crippen LogP contribution in [0.25, 0.3) is 11.6 Å². The van der Waals surface area contributed by atoms with Gasteiger partial charge >= 0.3 is 5.97 Å². The zero-order valence-corrected chi connectivity index (χ0v) is 14.7. The first-order chi connectivity index (χ1) is 12.7. The van der Waals surface area contributed by atoms with Crippen molar-refractivity contribution in [1.29, 1.82) is 5.26 Å². The number of carbonyl (C=O) groups is 1. The van der Waals surface area contributed by atoms with E-state index in [1.54, 1.807) is 31.4 Å². The Kier molecular flexibility index (Phi) is 5.23. The van der Waals surface area contributed by atoms with Gasteiger partial charge in [-0.3, -0.25) is 4.79 Å². The predicted molar refractivity (Wildman–Crippen MR) is 97.8 cm³/mol. The van der Waals surface area contributed by atoms with Gasteiger partial charge in [0.2, 0.25) is 0 Å². The van der Waals surface area contributed by atoms with Gasteiger partial charge < -0.3 is 14.2 Å². The molecule has 1 saturated carbocycles. The van der Waals surface area contributed by atoms with Crippen LogP contribution >= 0.6 is 0 Å². The molecule has 0 radical (unpaired) electrons.